The molecule has 22 heavy (non-hydrogen) atoms. The topological polar surface area (TPSA) is 38.7 Å². The first kappa shape index (κ1) is 12.9. The van der Waals surface area contributed by atoms with Crippen LogP contribution in [0.15, 0.2) is 54.7 Å². The van der Waals surface area contributed by atoms with Gasteiger partial charge in [0.15, 0.2) is 5.82 Å². The molecule has 2 aromatic carbocycles. The van der Waals surface area contributed by atoms with Crippen molar-refractivity contribution in [2.24, 2.45) is 0 Å². The third-order valence-corrected chi connectivity index (χ3v) is 3.81. The number of aromatic nitrogens is 3. The third-order valence-electron chi connectivity index (χ3n) is 3.81. The van der Waals surface area contributed by atoms with Crippen molar-refractivity contribution in [2.45, 2.75) is 13.8 Å². The molecule has 0 aliphatic rings. The summed E-state index contributed by atoms with van der Waals surface area (Å²) in [5.74, 6) is 0.666. The van der Waals surface area contributed by atoms with Crippen LogP contribution >= 0.6 is 0 Å². The fraction of sp³-hybridized carbons (Fsp3) is 0.105. The highest BCUT2D eigenvalue weighted by Crippen LogP contribution is 2.21. The summed E-state index contributed by atoms with van der Waals surface area (Å²) in [6, 6.07) is 16.5. The van der Waals surface area contributed by atoms with Crippen molar-refractivity contribution >= 4 is 21.8 Å². The first-order valence-electron chi connectivity index (χ1n) is 7.30. The van der Waals surface area contributed by atoms with E-state index in [0.717, 1.165) is 27.5 Å². The smallest absolute Gasteiger partial charge is 0.178 e. The Kier molecular flexibility index (Phi) is 2.86. The van der Waals surface area contributed by atoms with E-state index in [9.17, 15) is 0 Å². The molecule has 2 aromatic heterocycles. The maximum Gasteiger partial charge on any atom is 0.178 e. The second-order valence-corrected chi connectivity index (χ2v) is 5.65. The Bertz CT molecular complexity index is 923. The predicted octanol–water partition coefficient (Wildman–Crippen LogP) is 4.46. The zero-order valence-electron chi connectivity index (χ0n) is 12.5. The third kappa shape index (κ3) is 2.21. The van der Waals surface area contributed by atoms with Gasteiger partial charge in [0.05, 0.1) is 11.0 Å². The summed E-state index contributed by atoms with van der Waals surface area (Å²) in [6.45, 7) is 4.15. The molecule has 0 amide bonds. The van der Waals surface area contributed by atoms with Crippen LogP contribution in [-0.2, 0) is 0 Å². The van der Waals surface area contributed by atoms with Crippen molar-refractivity contribution in [2.75, 3.05) is 0 Å². The molecular formula is C19H15N3. The van der Waals surface area contributed by atoms with Gasteiger partial charge in [-0.1, -0.05) is 29.3 Å². The number of hydrogen-bond acceptors (Lipinski definition) is 3. The highest BCUT2D eigenvalue weighted by Gasteiger charge is 2.06. The molecule has 0 unspecified atom stereocenters. The minimum absolute atomic E-state index is 0.666. The average molecular weight is 285 g/mol. The summed E-state index contributed by atoms with van der Waals surface area (Å²) in [4.78, 5) is 13.8. The van der Waals surface area contributed by atoms with Gasteiger partial charge < -0.3 is 0 Å². The lowest BCUT2D eigenvalue weighted by Gasteiger charge is -2.05. The second kappa shape index (κ2) is 4.88. The normalized spacial score (nSPS) is 11.2. The van der Waals surface area contributed by atoms with Gasteiger partial charge >= 0.3 is 0 Å². The van der Waals surface area contributed by atoms with Crippen LogP contribution in [0.5, 0.6) is 0 Å². The molecule has 0 radical (unpaired) electrons. The molecule has 106 valence electrons. The van der Waals surface area contributed by atoms with Gasteiger partial charge in [-0.2, -0.15) is 0 Å². The van der Waals surface area contributed by atoms with Gasteiger partial charge in [0.2, 0.25) is 0 Å². The van der Waals surface area contributed by atoms with Gasteiger partial charge in [0, 0.05) is 17.0 Å². The van der Waals surface area contributed by atoms with Gasteiger partial charge in [0.1, 0.15) is 5.69 Å². The van der Waals surface area contributed by atoms with Gasteiger partial charge in [0.25, 0.3) is 0 Å². The maximum atomic E-state index is 4.69. The van der Waals surface area contributed by atoms with E-state index in [4.69, 9.17) is 0 Å². The monoisotopic (exact) mass is 285 g/mol. The maximum absolute atomic E-state index is 4.69. The number of fused-ring (bicyclic) bond motifs is 2. The summed E-state index contributed by atoms with van der Waals surface area (Å²) < 4.78 is 0. The fourth-order valence-corrected chi connectivity index (χ4v) is 2.65. The van der Waals surface area contributed by atoms with E-state index in [1.165, 1.54) is 11.1 Å². The van der Waals surface area contributed by atoms with Crippen LogP contribution in [-0.4, -0.2) is 15.0 Å². The lowest BCUT2D eigenvalue weighted by Crippen LogP contribution is -1.93. The largest absolute Gasteiger partial charge is 0.244 e. The van der Waals surface area contributed by atoms with E-state index < -0.39 is 0 Å². The van der Waals surface area contributed by atoms with Gasteiger partial charge in [-0.3, -0.25) is 0 Å². The van der Waals surface area contributed by atoms with Crippen LogP contribution in [0.1, 0.15) is 11.1 Å². The molecule has 0 saturated heterocycles. The van der Waals surface area contributed by atoms with E-state index >= 15 is 0 Å². The van der Waals surface area contributed by atoms with Crippen molar-refractivity contribution < 1.29 is 0 Å². The summed E-state index contributed by atoms with van der Waals surface area (Å²) in [6.07, 6.45) is 1.87. The molecule has 0 saturated carbocycles. The van der Waals surface area contributed by atoms with E-state index in [0.29, 0.717) is 5.82 Å². The Morgan fingerprint density at radius 1 is 0.682 bits per heavy atom. The molecule has 0 aliphatic heterocycles. The minimum atomic E-state index is 0.666. The summed E-state index contributed by atoms with van der Waals surface area (Å²) in [5, 5.41) is 2.19. The van der Waals surface area contributed by atoms with Crippen molar-refractivity contribution in [1.29, 1.82) is 0 Å². The van der Waals surface area contributed by atoms with Crippen LogP contribution in [0.4, 0.5) is 0 Å². The first-order valence-corrected chi connectivity index (χ1v) is 7.30. The molecular weight excluding hydrogens is 270 g/mol. The van der Waals surface area contributed by atoms with Crippen LogP contribution in [0.25, 0.3) is 33.3 Å². The average Bonchev–Trinajstić information content (AvgIpc) is 2.54. The highest BCUT2D eigenvalue weighted by atomic mass is 14.9. The summed E-state index contributed by atoms with van der Waals surface area (Å²) in [5.41, 5.74) is 5.17. The number of rotatable bonds is 1. The van der Waals surface area contributed by atoms with E-state index in [2.05, 4.69) is 59.1 Å². The zero-order valence-corrected chi connectivity index (χ0v) is 12.5. The number of pyridine rings is 1. The molecule has 0 bridgehead atoms. The van der Waals surface area contributed by atoms with Crippen molar-refractivity contribution in [1.82, 2.24) is 15.0 Å². The standard InChI is InChI=1S/C19H15N3/c1-12-3-6-16-14(9-12)5-8-18(21-16)19-20-11-15-10-13(2)4-7-17(15)22-19/h3-11H,1-2H3. The zero-order chi connectivity index (χ0) is 15.1. The molecule has 2 heterocycles. The molecule has 3 heteroatoms. The molecule has 3 nitrogen and oxygen atoms in total. The molecule has 0 aliphatic carbocycles. The number of benzene rings is 2. The number of hydrogen-bond donors (Lipinski definition) is 0. The summed E-state index contributed by atoms with van der Waals surface area (Å²) >= 11 is 0. The predicted molar refractivity (Wildman–Crippen MR) is 89.7 cm³/mol. The fourth-order valence-electron chi connectivity index (χ4n) is 2.65. The first-order chi connectivity index (χ1) is 10.7. The number of nitrogens with zero attached hydrogens (tertiary/aromatic N) is 3. The van der Waals surface area contributed by atoms with Gasteiger partial charge in [-0.05, 0) is 44.2 Å². The van der Waals surface area contributed by atoms with Crippen molar-refractivity contribution in [3.8, 4) is 11.5 Å². The van der Waals surface area contributed by atoms with Gasteiger partial charge in [-0.25, -0.2) is 15.0 Å². The van der Waals surface area contributed by atoms with Crippen LogP contribution in [0.2, 0.25) is 0 Å². The molecule has 4 rings (SSSR count). The summed E-state index contributed by atoms with van der Waals surface area (Å²) in [7, 11) is 0. The Labute approximate surface area is 128 Å². The highest BCUT2D eigenvalue weighted by molar-refractivity contribution is 5.83. The Morgan fingerprint density at radius 3 is 2.14 bits per heavy atom. The van der Waals surface area contributed by atoms with Crippen LogP contribution in [0, 0.1) is 13.8 Å². The minimum Gasteiger partial charge on any atom is -0.244 e. The van der Waals surface area contributed by atoms with Crippen LogP contribution < -0.4 is 0 Å². The van der Waals surface area contributed by atoms with Crippen LogP contribution in [0.3, 0.4) is 0 Å². The van der Waals surface area contributed by atoms with E-state index in [1.54, 1.807) is 0 Å². The van der Waals surface area contributed by atoms with Gasteiger partial charge in [-0.15, -0.1) is 0 Å². The lowest BCUT2D eigenvalue weighted by molar-refractivity contribution is 1.19. The lowest BCUT2D eigenvalue weighted by atomic mass is 10.1. The second-order valence-electron chi connectivity index (χ2n) is 5.65. The molecule has 0 N–H and O–H groups in total. The van der Waals surface area contributed by atoms with E-state index in [1.807, 2.05) is 24.4 Å². The van der Waals surface area contributed by atoms with Crippen molar-refractivity contribution in [3.63, 3.8) is 0 Å². The SMILES string of the molecule is Cc1ccc2nc(-c3ncc4cc(C)ccc4n3)ccc2c1. The number of aryl methyl sites for hydroxylation is 2. The quantitative estimate of drug-likeness (QED) is 0.518. The molecule has 0 fully saturated rings. The molecule has 0 spiro atoms. The Morgan fingerprint density at radius 2 is 1.36 bits per heavy atom. The van der Waals surface area contributed by atoms with E-state index in [-0.39, 0.29) is 0 Å². The molecule has 0 atom stereocenters. The Balaban J connectivity index is 1.87. The Hall–Kier alpha value is -2.81. The van der Waals surface area contributed by atoms with Crippen molar-refractivity contribution in [3.05, 3.63) is 65.9 Å². The molecule has 4 aromatic rings.